The molecule has 1 saturated heterocycles. The standard InChI is InChI=1S/C17H25ClN2/c18-17-11-16(6-5-14(17)7-9-19)20-10-8-13-3-1-2-4-15(13)12-20/h5-6,11,13,15H,1-4,7-10,12,19H2. The fraction of sp³-hybridized carbons (Fsp3) is 0.647. The van der Waals surface area contributed by atoms with E-state index < -0.39 is 0 Å². The maximum Gasteiger partial charge on any atom is 0.0459 e. The van der Waals surface area contributed by atoms with Gasteiger partial charge in [0.1, 0.15) is 0 Å². The number of nitrogens with zero attached hydrogens (tertiary/aromatic N) is 1. The van der Waals surface area contributed by atoms with Crippen molar-refractivity contribution in [2.75, 3.05) is 24.5 Å². The summed E-state index contributed by atoms with van der Waals surface area (Å²) in [5, 5.41) is 0.874. The number of rotatable bonds is 3. The zero-order valence-electron chi connectivity index (χ0n) is 12.2. The number of hydrogen-bond donors (Lipinski definition) is 1. The van der Waals surface area contributed by atoms with Gasteiger partial charge in [0, 0.05) is 23.8 Å². The van der Waals surface area contributed by atoms with Gasteiger partial charge in [-0.1, -0.05) is 36.9 Å². The Morgan fingerprint density at radius 2 is 1.95 bits per heavy atom. The number of hydrogen-bond acceptors (Lipinski definition) is 2. The third-order valence-electron chi connectivity index (χ3n) is 5.11. The topological polar surface area (TPSA) is 29.3 Å². The summed E-state index contributed by atoms with van der Waals surface area (Å²) < 4.78 is 0. The van der Waals surface area contributed by atoms with Gasteiger partial charge in [-0.05, 0) is 55.3 Å². The van der Waals surface area contributed by atoms with Crippen LogP contribution in [0.4, 0.5) is 5.69 Å². The molecule has 3 heteroatoms. The minimum Gasteiger partial charge on any atom is -0.371 e. The van der Waals surface area contributed by atoms with Crippen LogP contribution in [0.15, 0.2) is 18.2 Å². The lowest BCUT2D eigenvalue weighted by molar-refractivity contribution is 0.202. The summed E-state index contributed by atoms with van der Waals surface area (Å²) in [6, 6.07) is 6.51. The van der Waals surface area contributed by atoms with Gasteiger partial charge in [-0.25, -0.2) is 0 Å². The van der Waals surface area contributed by atoms with Crippen LogP contribution in [0.2, 0.25) is 5.02 Å². The molecule has 3 rings (SSSR count). The minimum atomic E-state index is 0.659. The first kappa shape index (κ1) is 14.2. The van der Waals surface area contributed by atoms with Crippen molar-refractivity contribution in [3.63, 3.8) is 0 Å². The van der Waals surface area contributed by atoms with Crippen molar-refractivity contribution in [1.82, 2.24) is 0 Å². The Balaban J connectivity index is 1.71. The van der Waals surface area contributed by atoms with Crippen molar-refractivity contribution in [3.8, 4) is 0 Å². The molecular formula is C17H25ClN2. The summed E-state index contributed by atoms with van der Waals surface area (Å²) in [7, 11) is 0. The monoisotopic (exact) mass is 292 g/mol. The summed E-state index contributed by atoms with van der Waals surface area (Å²) in [6.07, 6.45) is 7.96. The van der Waals surface area contributed by atoms with E-state index in [0.717, 1.165) is 23.3 Å². The van der Waals surface area contributed by atoms with E-state index in [2.05, 4.69) is 23.1 Å². The molecule has 2 nitrogen and oxygen atoms in total. The first-order valence-corrected chi connectivity index (χ1v) is 8.39. The molecule has 1 saturated carbocycles. The second-order valence-corrected chi connectivity index (χ2v) is 6.76. The summed E-state index contributed by atoms with van der Waals surface area (Å²) >= 11 is 6.38. The molecule has 0 amide bonds. The smallest absolute Gasteiger partial charge is 0.0459 e. The van der Waals surface area contributed by atoms with Gasteiger partial charge in [0.25, 0.3) is 0 Å². The highest BCUT2D eigenvalue weighted by Crippen LogP contribution is 2.38. The Kier molecular flexibility index (Phi) is 4.52. The van der Waals surface area contributed by atoms with Gasteiger partial charge in [0.15, 0.2) is 0 Å². The fourth-order valence-electron chi connectivity index (χ4n) is 3.93. The molecule has 1 aromatic rings. The molecule has 2 unspecified atom stereocenters. The molecule has 1 aromatic carbocycles. The van der Waals surface area contributed by atoms with E-state index in [1.807, 2.05) is 0 Å². The van der Waals surface area contributed by atoms with Crippen molar-refractivity contribution in [3.05, 3.63) is 28.8 Å². The lowest BCUT2D eigenvalue weighted by Gasteiger charge is -2.42. The summed E-state index contributed by atoms with van der Waals surface area (Å²) in [4.78, 5) is 2.53. The molecule has 0 bridgehead atoms. The van der Waals surface area contributed by atoms with Gasteiger partial charge in [0.2, 0.25) is 0 Å². The third kappa shape index (κ3) is 2.96. The Hall–Kier alpha value is -0.730. The number of nitrogens with two attached hydrogens (primary N) is 1. The molecule has 0 radical (unpaired) electrons. The second-order valence-electron chi connectivity index (χ2n) is 6.35. The van der Waals surface area contributed by atoms with E-state index in [1.54, 1.807) is 0 Å². The zero-order chi connectivity index (χ0) is 13.9. The number of anilines is 1. The van der Waals surface area contributed by atoms with E-state index in [4.69, 9.17) is 17.3 Å². The summed E-state index contributed by atoms with van der Waals surface area (Å²) in [5.41, 5.74) is 8.08. The lowest BCUT2D eigenvalue weighted by Crippen LogP contribution is -2.41. The lowest BCUT2D eigenvalue weighted by atomic mass is 9.75. The van der Waals surface area contributed by atoms with Crippen LogP contribution in [0.1, 0.15) is 37.7 Å². The Labute approximate surface area is 127 Å². The third-order valence-corrected chi connectivity index (χ3v) is 5.46. The molecule has 20 heavy (non-hydrogen) atoms. The van der Waals surface area contributed by atoms with Crippen molar-refractivity contribution >= 4 is 17.3 Å². The van der Waals surface area contributed by atoms with Crippen LogP contribution in [-0.4, -0.2) is 19.6 Å². The first-order chi connectivity index (χ1) is 9.78. The average molecular weight is 293 g/mol. The van der Waals surface area contributed by atoms with Crippen LogP contribution in [0.25, 0.3) is 0 Å². The van der Waals surface area contributed by atoms with Crippen LogP contribution in [-0.2, 0) is 6.42 Å². The minimum absolute atomic E-state index is 0.659. The Bertz CT molecular complexity index is 460. The van der Waals surface area contributed by atoms with Crippen LogP contribution >= 0.6 is 11.6 Å². The zero-order valence-corrected chi connectivity index (χ0v) is 12.9. The predicted octanol–water partition coefficient (Wildman–Crippen LogP) is 3.86. The fourth-order valence-corrected chi connectivity index (χ4v) is 4.20. The molecule has 2 aliphatic rings. The number of fused-ring (bicyclic) bond motifs is 1. The van der Waals surface area contributed by atoms with Crippen molar-refractivity contribution in [2.45, 2.75) is 38.5 Å². The van der Waals surface area contributed by atoms with Crippen LogP contribution in [0, 0.1) is 11.8 Å². The summed E-state index contributed by atoms with van der Waals surface area (Å²) in [5.74, 6) is 1.88. The van der Waals surface area contributed by atoms with E-state index in [-0.39, 0.29) is 0 Å². The van der Waals surface area contributed by atoms with Crippen molar-refractivity contribution in [1.29, 1.82) is 0 Å². The maximum absolute atomic E-state index is 6.38. The highest BCUT2D eigenvalue weighted by molar-refractivity contribution is 6.31. The van der Waals surface area contributed by atoms with Gasteiger partial charge in [-0.15, -0.1) is 0 Å². The maximum atomic E-state index is 6.38. The van der Waals surface area contributed by atoms with Crippen molar-refractivity contribution < 1.29 is 0 Å². The van der Waals surface area contributed by atoms with E-state index >= 15 is 0 Å². The number of halogens is 1. The van der Waals surface area contributed by atoms with Gasteiger partial charge >= 0.3 is 0 Å². The van der Waals surface area contributed by atoms with Gasteiger partial charge in [0.05, 0.1) is 0 Å². The van der Waals surface area contributed by atoms with Gasteiger partial charge in [-0.2, -0.15) is 0 Å². The molecular weight excluding hydrogens is 268 g/mol. The highest BCUT2D eigenvalue weighted by Gasteiger charge is 2.31. The number of benzene rings is 1. The van der Waals surface area contributed by atoms with Crippen LogP contribution in [0.3, 0.4) is 0 Å². The first-order valence-electron chi connectivity index (χ1n) is 8.01. The second kappa shape index (κ2) is 6.36. The predicted molar refractivity (Wildman–Crippen MR) is 86.5 cm³/mol. The normalized spacial score (nSPS) is 26.4. The molecule has 1 aliphatic heterocycles. The van der Waals surface area contributed by atoms with Crippen LogP contribution < -0.4 is 10.6 Å². The number of piperidine rings is 1. The SMILES string of the molecule is NCCc1ccc(N2CCC3CCCCC3C2)cc1Cl. The molecule has 1 aliphatic carbocycles. The molecule has 0 aromatic heterocycles. The highest BCUT2D eigenvalue weighted by atomic mass is 35.5. The molecule has 0 spiro atoms. The molecule has 2 fully saturated rings. The molecule has 1 heterocycles. The van der Waals surface area contributed by atoms with Crippen molar-refractivity contribution in [2.24, 2.45) is 17.6 Å². The molecule has 2 N–H and O–H groups in total. The van der Waals surface area contributed by atoms with Crippen LogP contribution in [0.5, 0.6) is 0 Å². The van der Waals surface area contributed by atoms with E-state index in [0.29, 0.717) is 6.54 Å². The molecule has 2 atom stereocenters. The average Bonchev–Trinajstić information content (AvgIpc) is 2.49. The molecule has 110 valence electrons. The van der Waals surface area contributed by atoms with E-state index in [1.165, 1.54) is 56.4 Å². The Morgan fingerprint density at radius 1 is 1.15 bits per heavy atom. The van der Waals surface area contributed by atoms with E-state index in [9.17, 15) is 0 Å². The Morgan fingerprint density at radius 3 is 2.70 bits per heavy atom. The summed E-state index contributed by atoms with van der Waals surface area (Å²) in [6.45, 7) is 3.07. The largest absolute Gasteiger partial charge is 0.371 e. The van der Waals surface area contributed by atoms with Gasteiger partial charge in [-0.3, -0.25) is 0 Å². The van der Waals surface area contributed by atoms with Gasteiger partial charge < -0.3 is 10.6 Å². The quantitative estimate of drug-likeness (QED) is 0.917.